The van der Waals surface area contributed by atoms with Gasteiger partial charge in [-0.2, -0.15) is 0 Å². The number of guanidine groups is 1. The van der Waals surface area contributed by atoms with Gasteiger partial charge in [-0.3, -0.25) is 19.5 Å². The minimum atomic E-state index is -1.03. The fraction of sp³-hybridized carbons (Fsp3) is 0.333. The van der Waals surface area contributed by atoms with Crippen LogP contribution in [0.3, 0.4) is 0 Å². The summed E-state index contributed by atoms with van der Waals surface area (Å²) < 4.78 is 1.74. The Balaban J connectivity index is 1.71. The van der Waals surface area contributed by atoms with Gasteiger partial charge in [0.1, 0.15) is 0 Å². The molecular weight excluding hydrogens is 405 g/mol. The summed E-state index contributed by atoms with van der Waals surface area (Å²) in [6.07, 6.45) is 3.25. The molecule has 1 aliphatic rings. The maximum atomic E-state index is 12.8. The first-order valence-corrected chi connectivity index (χ1v) is 9.36. The van der Waals surface area contributed by atoms with Gasteiger partial charge in [0.05, 0.1) is 34.5 Å². The molecule has 3 rings (SSSR count). The number of hydrogen-bond donors (Lipinski definition) is 2. The Labute approximate surface area is 171 Å². The van der Waals surface area contributed by atoms with Crippen LogP contribution in [0.1, 0.15) is 12.1 Å². The van der Waals surface area contributed by atoms with E-state index in [4.69, 9.17) is 23.2 Å². The summed E-state index contributed by atoms with van der Waals surface area (Å²) in [6, 6.07) is 5.06. The number of benzene rings is 1. The number of aryl methyl sites for hydroxylation is 1. The second-order valence-electron chi connectivity index (χ2n) is 6.41. The van der Waals surface area contributed by atoms with E-state index >= 15 is 0 Å². The summed E-state index contributed by atoms with van der Waals surface area (Å²) in [4.78, 5) is 34.2. The van der Waals surface area contributed by atoms with E-state index in [0.29, 0.717) is 34.8 Å². The summed E-state index contributed by atoms with van der Waals surface area (Å²) in [5.74, 6) is -1.92. The second kappa shape index (κ2) is 8.62. The Morgan fingerprint density at radius 1 is 1.32 bits per heavy atom. The van der Waals surface area contributed by atoms with Crippen molar-refractivity contribution in [2.24, 2.45) is 18.0 Å². The first kappa shape index (κ1) is 20.2. The molecule has 0 radical (unpaired) electrons. The Kier molecular flexibility index (Phi) is 6.21. The van der Waals surface area contributed by atoms with Gasteiger partial charge >= 0.3 is 5.97 Å². The monoisotopic (exact) mass is 423 g/mol. The quantitative estimate of drug-likeness (QED) is 0.743. The molecule has 1 atom stereocenters. The SMILES string of the molecule is Cn1cncc1C[C@@H](CC(=O)N1CCN=C1Nc1c(Cl)cccc1Cl)C(=O)O. The van der Waals surface area contributed by atoms with Crippen LogP contribution in [-0.2, 0) is 23.1 Å². The van der Waals surface area contributed by atoms with E-state index in [0.717, 1.165) is 5.69 Å². The molecule has 8 nitrogen and oxygen atoms in total. The van der Waals surface area contributed by atoms with Gasteiger partial charge in [-0.15, -0.1) is 0 Å². The number of anilines is 1. The number of nitrogens with zero attached hydrogens (tertiary/aromatic N) is 4. The molecule has 2 N–H and O–H groups in total. The van der Waals surface area contributed by atoms with Crippen LogP contribution in [0.15, 0.2) is 35.7 Å². The average Bonchev–Trinajstić information content (AvgIpc) is 3.26. The average molecular weight is 424 g/mol. The number of imidazole rings is 1. The Hall–Kier alpha value is -2.58. The maximum Gasteiger partial charge on any atom is 0.307 e. The van der Waals surface area contributed by atoms with Crippen molar-refractivity contribution in [3.8, 4) is 0 Å². The highest BCUT2D eigenvalue weighted by Gasteiger charge is 2.30. The van der Waals surface area contributed by atoms with E-state index in [1.165, 1.54) is 4.90 Å². The largest absolute Gasteiger partial charge is 0.481 e. The van der Waals surface area contributed by atoms with E-state index in [1.54, 1.807) is 42.3 Å². The minimum absolute atomic E-state index is 0.155. The fourth-order valence-corrected chi connectivity index (χ4v) is 3.42. The number of aromatic nitrogens is 2. The van der Waals surface area contributed by atoms with Crippen molar-refractivity contribution in [1.29, 1.82) is 0 Å². The van der Waals surface area contributed by atoms with Crippen LogP contribution in [0, 0.1) is 5.92 Å². The van der Waals surface area contributed by atoms with Crippen molar-refractivity contribution >= 4 is 46.7 Å². The van der Waals surface area contributed by atoms with Crippen molar-refractivity contribution < 1.29 is 14.7 Å². The van der Waals surface area contributed by atoms with Gasteiger partial charge in [0.25, 0.3) is 0 Å². The third-order valence-corrected chi connectivity index (χ3v) is 5.11. The highest BCUT2D eigenvalue weighted by atomic mass is 35.5. The summed E-state index contributed by atoms with van der Waals surface area (Å²) in [5, 5.41) is 13.3. The van der Waals surface area contributed by atoms with Gasteiger partial charge in [0, 0.05) is 38.3 Å². The summed E-state index contributed by atoms with van der Waals surface area (Å²) in [7, 11) is 1.78. The molecule has 2 heterocycles. The number of aliphatic imine (C=N–C) groups is 1. The summed E-state index contributed by atoms with van der Waals surface area (Å²) in [5.41, 5.74) is 1.20. The summed E-state index contributed by atoms with van der Waals surface area (Å²) >= 11 is 12.3. The van der Waals surface area contributed by atoms with Crippen molar-refractivity contribution in [3.05, 3.63) is 46.5 Å². The van der Waals surface area contributed by atoms with Crippen LogP contribution in [0.25, 0.3) is 0 Å². The Bertz CT molecular complexity index is 907. The number of rotatable bonds is 6. The van der Waals surface area contributed by atoms with Gasteiger partial charge in [-0.05, 0) is 12.1 Å². The maximum absolute atomic E-state index is 12.8. The third-order valence-electron chi connectivity index (χ3n) is 4.48. The number of hydrogen-bond acceptors (Lipinski definition) is 5. The van der Waals surface area contributed by atoms with Crippen molar-refractivity contribution in [3.63, 3.8) is 0 Å². The molecule has 0 saturated heterocycles. The molecular formula is C18H19Cl2N5O3. The molecule has 0 fully saturated rings. The van der Waals surface area contributed by atoms with Crippen LogP contribution >= 0.6 is 23.2 Å². The van der Waals surface area contributed by atoms with Crippen molar-refractivity contribution in [2.75, 3.05) is 18.4 Å². The molecule has 148 valence electrons. The lowest BCUT2D eigenvalue weighted by Crippen LogP contribution is -2.40. The lowest BCUT2D eigenvalue weighted by molar-refractivity contribution is -0.145. The lowest BCUT2D eigenvalue weighted by Gasteiger charge is -2.22. The highest BCUT2D eigenvalue weighted by Crippen LogP contribution is 2.30. The number of carboxylic acid groups (broad SMARTS) is 1. The summed E-state index contributed by atoms with van der Waals surface area (Å²) in [6.45, 7) is 0.775. The van der Waals surface area contributed by atoms with Crippen molar-refractivity contribution in [2.45, 2.75) is 12.8 Å². The number of para-hydroxylation sites is 1. The normalized spacial score (nSPS) is 14.7. The topological polar surface area (TPSA) is 99.8 Å². The molecule has 10 heteroatoms. The smallest absolute Gasteiger partial charge is 0.307 e. The zero-order chi connectivity index (χ0) is 20.3. The van der Waals surface area contributed by atoms with Gasteiger partial charge < -0.3 is 15.0 Å². The van der Waals surface area contributed by atoms with E-state index in [1.807, 2.05) is 0 Å². The number of carbonyl (C=O) groups excluding carboxylic acids is 1. The molecule has 2 aromatic rings. The van der Waals surface area contributed by atoms with E-state index in [9.17, 15) is 14.7 Å². The standard InChI is InChI=1S/C18H19Cl2N5O3/c1-24-10-21-9-12(24)7-11(17(27)28)8-15(26)25-6-5-22-18(25)23-16-13(19)3-2-4-14(16)20/h2-4,9-11H,5-8H2,1H3,(H,22,23)(H,27,28)/t11-/m0/s1. The molecule has 0 unspecified atom stereocenters. The highest BCUT2D eigenvalue weighted by molar-refractivity contribution is 6.39. The van der Waals surface area contributed by atoms with Crippen molar-refractivity contribution in [1.82, 2.24) is 14.5 Å². The van der Waals surface area contributed by atoms with Crippen LogP contribution in [0.4, 0.5) is 5.69 Å². The number of carbonyl (C=O) groups is 2. The van der Waals surface area contributed by atoms with E-state index < -0.39 is 11.9 Å². The van der Waals surface area contributed by atoms with E-state index in [-0.39, 0.29) is 18.7 Å². The molecule has 28 heavy (non-hydrogen) atoms. The molecule has 1 aromatic carbocycles. The second-order valence-corrected chi connectivity index (χ2v) is 7.23. The number of amides is 1. The predicted octanol–water partition coefficient (Wildman–Crippen LogP) is 2.67. The number of carboxylic acids is 1. The molecule has 0 bridgehead atoms. The zero-order valence-corrected chi connectivity index (χ0v) is 16.6. The molecule has 1 aromatic heterocycles. The van der Waals surface area contributed by atoms with Crippen LogP contribution in [-0.4, -0.2) is 50.5 Å². The first-order chi connectivity index (χ1) is 13.4. The molecule has 1 amide bonds. The molecule has 0 saturated carbocycles. The first-order valence-electron chi connectivity index (χ1n) is 8.60. The molecule has 1 aliphatic heterocycles. The minimum Gasteiger partial charge on any atom is -0.481 e. The van der Waals surface area contributed by atoms with Crippen LogP contribution in [0.2, 0.25) is 10.0 Å². The fourth-order valence-electron chi connectivity index (χ4n) is 2.93. The van der Waals surface area contributed by atoms with Gasteiger partial charge in [-0.25, -0.2) is 4.98 Å². The molecule has 0 spiro atoms. The van der Waals surface area contributed by atoms with Gasteiger partial charge in [-0.1, -0.05) is 29.3 Å². The third kappa shape index (κ3) is 4.45. The van der Waals surface area contributed by atoms with Crippen LogP contribution < -0.4 is 5.32 Å². The zero-order valence-electron chi connectivity index (χ0n) is 15.1. The van der Waals surface area contributed by atoms with Crippen LogP contribution in [0.5, 0.6) is 0 Å². The lowest BCUT2D eigenvalue weighted by atomic mass is 9.99. The Morgan fingerprint density at radius 3 is 2.64 bits per heavy atom. The number of nitrogens with one attached hydrogen (secondary N) is 1. The Morgan fingerprint density at radius 2 is 2.04 bits per heavy atom. The number of aliphatic carboxylic acids is 1. The number of halogens is 2. The molecule has 0 aliphatic carbocycles. The predicted molar refractivity (Wildman–Crippen MR) is 107 cm³/mol. The van der Waals surface area contributed by atoms with E-state index in [2.05, 4.69) is 15.3 Å². The van der Waals surface area contributed by atoms with Gasteiger partial charge in [0.2, 0.25) is 11.9 Å². The van der Waals surface area contributed by atoms with Gasteiger partial charge in [0.15, 0.2) is 0 Å².